The van der Waals surface area contributed by atoms with Crippen molar-refractivity contribution in [2.75, 3.05) is 7.11 Å². The molecule has 0 aromatic rings. The van der Waals surface area contributed by atoms with Crippen molar-refractivity contribution < 1.29 is 4.74 Å². The third-order valence-corrected chi connectivity index (χ3v) is 0.866. The van der Waals surface area contributed by atoms with Gasteiger partial charge in [-0.1, -0.05) is 0 Å². The van der Waals surface area contributed by atoms with Crippen LogP contribution in [0.3, 0.4) is 0 Å². The summed E-state index contributed by atoms with van der Waals surface area (Å²) in [6.45, 7) is 0. The van der Waals surface area contributed by atoms with Crippen LogP contribution in [-0.4, -0.2) is 42.2 Å². The molecule has 0 rings (SSSR count). The monoisotopic (exact) mass is 203 g/mol. The fourth-order valence-corrected chi connectivity index (χ4v) is 0. The van der Waals surface area contributed by atoms with Crippen LogP contribution < -0.4 is 0 Å². The minimum atomic E-state index is 0.755. The second-order valence-electron chi connectivity index (χ2n) is 0.454. The standard InChI is InChI=1S/C2H4OSe2/c1-3-2(4)5/h1H3,(H,4,5)/p-1. The quantitative estimate of drug-likeness (QED) is 0.497. The Kier molecular flexibility index (Phi) is 3.34. The van der Waals surface area contributed by atoms with Crippen LogP contribution in [0.25, 0.3) is 0 Å². The van der Waals surface area contributed by atoms with Crippen molar-refractivity contribution in [3.63, 3.8) is 0 Å². The van der Waals surface area contributed by atoms with E-state index in [0.717, 1.165) is 3.50 Å². The number of hydrogen-bond donors (Lipinski definition) is 0. The fraction of sp³-hybridized carbons (Fsp3) is 0.500. The maximum atomic E-state index is 4.56. The van der Waals surface area contributed by atoms with Gasteiger partial charge < -0.3 is 0 Å². The van der Waals surface area contributed by atoms with Crippen LogP contribution in [0, 0.1) is 0 Å². The van der Waals surface area contributed by atoms with Crippen molar-refractivity contribution >= 4 is 35.1 Å². The van der Waals surface area contributed by atoms with Crippen LogP contribution in [0.15, 0.2) is 0 Å². The summed E-state index contributed by atoms with van der Waals surface area (Å²) < 4.78 is 5.31. The Morgan fingerprint density at radius 3 is 2.20 bits per heavy atom. The van der Waals surface area contributed by atoms with E-state index in [4.69, 9.17) is 0 Å². The predicted octanol–water partition coefficient (Wildman–Crippen LogP) is -0.943. The topological polar surface area (TPSA) is 9.23 Å². The van der Waals surface area contributed by atoms with Crippen LogP contribution in [-0.2, 0) is 4.74 Å². The van der Waals surface area contributed by atoms with E-state index in [-0.39, 0.29) is 0 Å². The number of hydrogen-bond acceptors (Lipinski definition) is 1. The van der Waals surface area contributed by atoms with Crippen molar-refractivity contribution in [2.45, 2.75) is 0 Å². The van der Waals surface area contributed by atoms with Gasteiger partial charge in [-0.15, -0.1) is 0 Å². The van der Waals surface area contributed by atoms with Gasteiger partial charge in [0.25, 0.3) is 0 Å². The van der Waals surface area contributed by atoms with Crippen LogP contribution in [0.1, 0.15) is 0 Å². The van der Waals surface area contributed by atoms with Crippen molar-refractivity contribution in [3.05, 3.63) is 0 Å². The molecule has 0 fully saturated rings. The van der Waals surface area contributed by atoms with Gasteiger partial charge in [-0.2, -0.15) is 0 Å². The van der Waals surface area contributed by atoms with Gasteiger partial charge in [0.15, 0.2) is 0 Å². The molecule has 0 aliphatic carbocycles. The zero-order valence-corrected chi connectivity index (χ0v) is 6.15. The maximum absolute atomic E-state index is 4.56. The van der Waals surface area contributed by atoms with Crippen LogP contribution >= 0.6 is 0 Å². The zero-order valence-electron chi connectivity index (χ0n) is 2.72. The van der Waals surface area contributed by atoms with Gasteiger partial charge in [-0.3, -0.25) is 0 Å². The summed E-state index contributed by atoms with van der Waals surface area (Å²) in [5.74, 6) is 0. The van der Waals surface area contributed by atoms with Gasteiger partial charge in [0, 0.05) is 0 Å². The fourth-order valence-electron chi connectivity index (χ4n) is 0. The molecule has 0 saturated heterocycles. The minimum absolute atomic E-state index is 0.755. The van der Waals surface area contributed by atoms with Crippen LogP contribution in [0.5, 0.6) is 0 Å². The van der Waals surface area contributed by atoms with E-state index in [1.807, 2.05) is 0 Å². The Bertz CT molecular complexity index is 42.9. The number of ether oxygens (including phenoxy) is 1. The average Bonchev–Trinajstić information content (AvgIpc) is 1.38. The number of methoxy groups -OCH3 is 1. The summed E-state index contributed by atoms with van der Waals surface area (Å²) in [6.07, 6.45) is 0. The molecule has 30 valence electrons. The van der Waals surface area contributed by atoms with Crippen molar-refractivity contribution in [2.24, 2.45) is 0 Å². The molecule has 0 unspecified atom stereocenters. The van der Waals surface area contributed by atoms with Gasteiger partial charge in [0.1, 0.15) is 0 Å². The molecule has 0 aromatic carbocycles. The molecule has 5 heavy (non-hydrogen) atoms. The summed E-state index contributed by atoms with van der Waals surface area (Å²) in [4.78, 5) is 0. The predicted molar refractivity (Wildman–Crippen MR) is 23.5 cm³/mol. The average molecular weight is 201 g/mol. The van der Waals surface area contributed by atoms with E-state index in [2.05, 4.69) is 36.3 Å². The first-order valence-electron chi connectivity index (χ1n) is 1.02. The molecule has 1 nitrogen and oxygen atoms in total. The van der Waals surface area contributed by atoms with Crippen molar-refractivity contribution in [1.82, 2.24) is 0 Å². The second kappa shape index (κ2) is 2.92. The van der Waals surface area contributed by atoms with Gasteiger partial charge in [-0.25, -0.2) is 0 Å². The van der Waals surface area contributed by atoms with Gasteiger partial charge >= 0.3 is 46.9 Å². The molecular formula is C2H3OSe2-. The van der Waals surface area contributed by atoms with E-state index in [9.17, 15) is 0 Å². The Balaban J connectivity index is 2.85. The number of rotatable bonds is 1. The van der Waals surface area contributed by atoms with Crippen LogP contribution in [0.4, 0.5) is 0 Å². The molecule has 0 amide bonds. The van der Waals surface area contributed by atoms with E-state index in [1.54, 1.807) is 7.11 Å². The molecule has 0 aliphatic rings. The first kappa shape index (κ1) is 5.71. The first-order chi connectivity index (χ1) is 2.27. The van der Waals surface area contributed by atoms with Crippen LogP contribution in [0.2, 0.25) is 0 Å². The Morgan fingerprint density at radius 1 is 2.00 bits per heavy atom. The molecule has 0 heterocycles. The molecule has 0 bridgehead atoms. The van der Waals surface area contributed by atoms with Gasteiger partial charge in [-0.05, 0) is 0 Å². The van der Waals surface area contributed by atoms with Crippen molar-refractivity contribution in [1.29, 1.82) is 0 Å². The summed E-state index contributed by atoms with van der Waals surface area (Å²) >= 11 is 5.26. The first-order valence-corrected chi connectivity index (χ1v) is 2.73. The molecule has 0 atom stereocenters. The third-order valence-electron chi connectivity index (χ3n) is 0.167. The molecule has 0 N–H and O–H groups in total. The zero-order chi connectivity index (χ0) is 4.28. The second-order valence-corrected chi connectivity index (χ2v) is 3.32. The summed E-state index contributed by atoms with van der Waals surface area (Å²) in [7, 11) is 1.60. The van der Waals surface area contributed by atoms with E-state index in [0.29, 0.717) is 0 Å². The molecular weight excluding hydrogens is 198 g/mol. The Labute approximate surface area is 47.3 Å². The molecule has 0 spiro atoms. The third kappa shape index (κ3) is 4.71. The summed E-state index contributed by atoms with van der Waals surface area (Å²) in [6, 6.07) is 0. The molecule has 0 aliphatic heterocycles. The summed E-state index contributed by atoms with van der Waals surface area (Å²) in [5.41, 5.74) is 0. The molecule has 0 aromatic heterocycles. The SMILES string of the molecule is COC(=[Se])[Se-]. The van der Waals surface area contributed by atoms with Crippen molar-refractivity contribution in [3.8, 4) is 0 Å². The van der Waals surface area contributed by atoms with E-state index in [1.165, 1.54) is 0 Å². The Hall–Kier alpha value is 0.709. The Morgan fingerprint density at radius 2 is 2.20 bits per heavy atom. The normalized spacial score (nSPS) is 6.60. The molecule has 0 radical (unpaired) electrons. The van der Waals surface area contributed by atoms with E-state index >= 15 is 0 Å². The molecule has 3 heteroatoms. The van der Waals surface area contributed by atoms with E-state index < -0.39 is 0 Å². The van der Waals surface area contributed by atoms with Gasteiger partial charge in [0.2, 0.25) is 0 Å². The van der Waals surface area contributed by atoms with Gasteiger partial charge in [0.05, 0.1) is 0 Å². The molecule has 0 saturated carbocycles. The summed E-state index contributed by atoms with van der Waals surface area (Å²) in [5, 5.41) is 0.